The molecule has 1 N–H and O–H groups in total. The van der Waals surface area contributed by atoms with Gasteiger partial charge < -0.3 is 9.88 Å². The van der Waals surface area contributed by atoms with Gasteiger partial charge in [-0.05, 0) is 49.9 Å². The number of imidazole rings is 1. The van der Waals surface area contributed by atoms with Gasteiger partial charge in [-0.15, -0.1) is 11.8 Å². The van der Waals surface area contributed by atoms with Gasteiger partial charge in [0.1, 0.15) is 0 Å². The average molecular weight is 411 g/mol. The van der Waals surface area contributed by atoms with Crippen molar-refractivity contribution in [3.05, 3.63) is 59.0 Å². The van der Waals surface area contributed by atoms with Crippen LogP contribution in [-0.4, -0.2) is 53.4 Å². The fraction of sp³-hybridized carbons (Fsp3) is 0.435. The second-order valence-electron chi connectivity index (χ2n) is 7.66. The fourth-order valence-electron chi connectivity index (χ4n) is 4.21. The zero-order valence-corrected chi connectivity index (χ0v) is 18.0. The lowest BCUT2D eigenvalue weighted by Crippen LogP contribution is -2.46. The van der Waals surface area contributed by atoms with Crippen LogP contribution in [0.15, 0.2) is 58.2 Å². The van der Waals surface area contributed by atoms with Gasteiger partial charge in [-0.25, -0.2) is 4.79 Å². The molecule has 0 radical (unpaired) electrons. The van der Waals surface area contributed by atoms with E-state index in [4.69, 9.17) is 0 Å². The van der Waals surface area contributed by atoms with Crippen LogP contribution in [0.4, 0.5) is 5.69 Å². The Labute approximate surface area is 176 Å². The number of rotatable bonds is 8. The van der Waals surface area contributed by atoms with E-state index in [1.165, 1.54) is 17.0 Å². The number of hydrogen-bond acceptors (Lipinski definition) is 4. The molecule has 1 aromatic heterocycles. The molecule has 6 heteroatoms. The maximum atomic E-state index is 12.1. The van der Waals surface area contributed by atoms with E-state index in [-0.39, 0.29) is 5.69 Å². The molecule has 1 saturated heterocycles. The Bertz CT molecular complexity index is 988. The van der Waals surface area contributed by atoms with Crippen molar-refractivity contribution < 1.29 is 0 Å². The normalized spacial score (nSPS) is 15.3. The van der Waals surface area contributed by atoms with E-state index in [0.29, 0.717) is 0 Å². The van der Waals surface area contributed by atoms with Gasteiger partial charge in [-0.1, -0.05) is 30.7 Å². The highest BCUT2D eigenvalue weighted by molar-refractivity contribution is 7.98. The summed E-state index contributed by atoms with van der Waals surface area (Å²) in [7, 11) is 0. The van der Waals surface area contributed by atoms with Crippen LogP contribution in [0.3, 0.4) is 0 Å². The van der Waals surface area contributed by atoms with E-state index in [0.717, 1.165) is 63.1 Å². The molecule has 4 rings (SSSR count). The number of H-pyrrole nitrogens is 1. The summed E-state index contributed by atoms with van der Waals surface area (Å²) in [6.07, 6.45) is 5.54. The number of hydrogen-bond donors (Lipinski definition) is 1. The van der Waals surface area contributed by atoms with Crippen molar-refractivity contribution in [1.82, 2.24) is 14.5 Å². The van der Waals surface area contributed by atoms with Crippen LogP contribution in [0.2, 0.25) is 0 Å². The molecule has 0 atom stereocenters. The zero-order valence-electron chi connectivity index (χ0n) is 17.1. The molecule has 1 fully saturated rings. The van der Waals surface area contributed by atoms with Gasteiger partial charge in [0, 0.05) is 37.6 Å². The molecule has 0 amide bonds. The number of anilines is 1. The van der Waals surface area contributed by atoms with Crippen molar-refractivity contribution in [2.75, 3.05) is 43.9 Å². The topological polar surface area (TPSA) is 44.3 Å². The van der Waals surface area contributed by atoms with Gasteiger partial charge in [0.25, 0.3) is 0 Å². The summed E-state index contributed by atoms with van der Waals surface area (Å²) in [6.45, 7) is 6.41. The molecule has 5 nitrogen and oxygen atoms in total. The Morgan fingerprint density at radius 2 is 1.62 bits per heavy atom. The van der Waals surface area contributed by atoms with E-state index in [2.05, 4.69) is 45.3 Å². The van der Waals surface area contributed by atoms with Crippen molar-refractivity contribution in [3.8, 4) is 0 Å². The molecule has 154 valence electrons. The number of fused-ring (bicyclic) bond motifs is 1. The van der Waals surface area contributed by atoms with Gasteiger partial charge in [0.15, 0.2) is 0 Å². The largest absolute Gasteiger partial charge is 0.368 e. The lowest BCUT2D eigenvalue weighted by molar-refractivity contribution is 0.251. The maximum Gasteiger partial charge on any atom is 0.326 e. The number of aromatic nitrogens is 2. The Balaban J connectivity index is 1.19. The smallest absolute Gasteiger partial charge is 0.326 e. The van der Waals surface area contributed by atoms with Crippen molar-refractivity contribution >= 4 is 28.5 Å². The molecule has 0 unspecified atom stereocenters. The van der Waals surface area contributed by atoms with Crippen molar-refractivity contribution in [3.63, 3.8) is 0 Å². The highest BCUT2D eigenvalue weighted by Crippen LogP contribution is 2.29. The number of aryl methyl sites for hydroxylation is 1. The predicted octanol–water partition coefficient (Wildman–Crippen LogP) is 4.04. The van der Waals surface area contributed by atoms with Crippen molar-refractivity contribution in [2.45, 2.75) is 30.7 Å². The Morgan fingerprint density at radius 3 is 2.45 bits per heavy atom. The second-order valence-corrected chi connectivity index (χ2v) is 8.51. The number of aromatic amines is 1. The molecule has 0 spiro atoms. The SMILES string of the molecule is CSc1ccccc1N1CCN(CCCCCn2c(=O)[nH]c3ccccc32)CC1. The molecule has 2 aromatic carbocycles. The molecule has 3 aromatic rings. The summed E-state index contributed by atoms with van der Waals surface area (Å²) in [5.74, 6) is 0. The Hall–Kier alpha value is -2.18. The van der Waals surface area contributed by atoms with Gasteiger partial charge in [0.05, 0.1) is 16.7 Å². The third kappa shape index (κ3) is 4.70. The molecule has 1 aliphatic rings. The van der Waals surface area contributed by atoms with Gasteiger partial charge in [0.2, 0.25) is 0 Å². The minimum atomic E-state index is 0.00726. The van der Waals surface area contributed by atoms with E-state index < -0.39 is 0 Å². The summed E-state index contributed by atoms with van der Waals surface area (Å²) in [6, 6.07) is 16.6. The lowest BCUT2D eigenvalue weighted by atomic mass is 10.2. The van der Waals surface area contributed by atoms with Crippen molar-refractivity contribution in [1.29, 1.82) is 0 Å². The number of benzene rings is 2. The van der Waals surface area contributed by atoms with E-state index in [1.807, 2.05) is 40.6 Å². The van der Waals surface area contributed by atoms with Crippen LogP contribution >= 0.6 is 11.8 Å². The summed E-state index contributed by atoms with van der Waals surface area (Å²) >= 11 is 1.83. The fourth-order valence-corrected chi connectivity index (χ4v) is 4.84. The molecule has 29 heavy (non-hydrogen) atoms. The summed E-state index contributed by atoms with van der Waals surface area (Å²) in [5, 5.41) is 0. The molecular weight excluding hydrogens is 380 g/mol. The first kappa shape index (κ1) is 20.1. The zero-order chi connectivity index (χ0) is 20.1. The van der Waals surface area contributed by atoms with Gasteiger partial charge in [-0.2, -0.15) is 0 Å². The van der Waals surface area contributed by atoms with Gasteiger partial charge >= 0.3 is 5.69 Å². The number of nitrogens with one attached hydrogen (secondary N) is 1. The monoisotopic (exact) mass is 410 g/mol. The highest BCUT2D eigenvalue weighted by atomic mass is 32.2. The number of nitrogens with zero attached hydrogens (tertiary/aromatic N) is 3. The lowest BCUT2D eigenvalue weighted by Gasteiger charge is -2.36. The minimum absolute atomic E-state index is 0.00726. The highest BCUT2D eigenvalue weighted by Gasteiger charge is 2.18. The predicted molar refractivity (Wildman–Crippen MR) is 123 cm³/mol. The van der Waals surface area contributed by atoms with Crippen molar-refractivity contribution in [2.24, 2.45) is 0 Å². The molecule has 0 aliphatic carbocycles. The Morgan fingerprint density at radius 1 is 0.897 bits per heavy atom. The third-order valence-electron chi connectivity index (χ3n) is 5.84. The van der Waals surface area contributed by atoms with E-state index in [9.17, 15) is 4.79 Å². The number of piperazine rings is 1. The molecule has 0 bridgehead atoms. The summed E-state index contributed by atoms with van der Waals surface area (Å²) in [4.78, 5) is 21.5. The summed E-state index contributed by atoms with van der Waals surface area (Å²) < 4.78 is 1.87. The first-order valence-electron chi connectivity index (χ1n) is 10.5. The summed E-state index contributed by atoms with van der Waals surface area (Å²) in [5.41, 5.74) is 3.33. The molecule has 1 aliphatic heterocycles. The van der Waals surface area contributed by atoms with Gasteiger partial charge in [-0.3, -0.25) is 9.47 Å². The van der Waals surface area contributed by atoms with Crippen LogP contribution in [0.1, 0.15) is 19.3 Å². The van der Waals surface area contributed by atoms with Crippen LogP contribution in [0.25, 0.3) is 11.0 Å². The van der Waals surface area contributed by atoms with E-state index >= 15 is 0 Å². The third-order valence-corrected chi connectivity index (χ3v) is 6.62. The second kappa shape index (κ2) is 9.55. The maximum absolute atomic E-state index is 12.1. The van der Waals surface area contributed by atoms with E-state index in [1.54, 1.807) is 0 Å². The van der Waals surface area contributed by atoms with Crippen LogP contribution in [-0.2, 0) is 6.54 Å². The van der Waals surface area contributed by atoms with Crippen LogP contribution in [0, 0.1) is 0 Å². The quantitative estimate of drug-likeness (QED) is 0.450. The number of thioether (sulfide) groups is 1. The van der Waals surface area contributed by atoms with Crippen LogP contribution < -0.4 is 10.6 Å². The standard InChI is InChI=1S/C23H30N4OS/c1-29-22-12-6-5-11-21(22)26-17-15-25(16-18-26)13-7-2-8-14-27-20-10-4-3-9-19(20)24-23(27)28/h3-6,9-12H,2,7-8,13-18H2,1H3,(H,24,28). The molecule has 2 heterocycles. The number of unbranched alkanes of at least 4 members (excludes halogenated alkanes) is 2. The first-order chi connectivity index (χ1) is 14.3. The Kier molecular flexibility index (Phi) is 6.62. The molecule has 0 saturated carbocycles. The average Bonchev–Trinajstić information content (AvgIpc) is 3.09. The molecular formula is C23H30N4OS. The first-order valence-corrected chi connectivity index (χ1v) is 11.8. The van der Waals surface area contributed by atoms with Crippen LogP contribution in [0.5, 0.6) is 0 Å². The number of para-hydroxylation sites is 3. The minimum Gasteiger partial charge on any atom is -0.368 e.